The Morgan fingerprint density at radius 1 is 1.21 bits per heavy atom. The van der Waals surface area contributed by atoms with Gasteiger partial charge in [0.1, 0.15) is 17.6 Å². The van der Waals surface area contributed by atoms with E-state index in [4.69, 9.17) is 9.47 Å². The molecule has 3 amide bonds. The maximum Gasteiger partial charge on any atom is 0.319 e. The first-order valence-electron chi connectivity index (χ1n) is 12.8. The SMILES string of the molecule is COc1ccc(S(=O)(=O)N(C)C[C@@H]2Oc3ccc(NC(=O)NC(C)C)cc3C(=O)N([C@@H](C)CO)C[C@H]2C)cc1. The van der Waals surface area contributed by atoms with Gasteiger partial charge in [-0.05, 0) is 63.2 Å². The number of carbonyl (C=O) groups excluding carboxylic acids is 2. The van der Waals surface area contributed by atoms with Gasteiger partial charge in [-0.25, -0.2) is 13.2 Å². The molecule has 0 saturated carbocycles. The average Bonchev–Trinajstić information content (AvgIpc) is 2.89. The number of benzene rings is 2. The van der Waals surface area contributed by atoms with Gasteiger partial charge < -0.3 is 30.1 Å². The zero-order valence-electron chi connectivity index (χ0n) is 23.2. The number of fused-ring (bicyclic) bond motifs is 1. The maximum atomic E-state index is 13.6. The molecule has 0 unspecified atom stereocenters. The van der Waals surface area contributed by atoms with E-state index in [0.29, 0.717) is 11.4 Å². The number of urea groups is 1. The molecule has 2 aromatic rings. The van der Waals surface area contributed by atoms with E-state index in [9.17, 15) is 23.1 Å². The lowest BCUT2D eigenvalue weighted by molar-refractivity contribution is 0.0387. The molecule has 1 aliphatic rings. The van der Waals surface area contributed by atoms with Crippen molar-refractivity contribution in [3.63, 3.8) is 0 Å². The van der Waals surface area contributed by atoms with Crippen molar-refractivity contribution < 1.29 is 32.6 Å². The van der Waals surface area contributed by atoms with Crippen LogP contribution in [0.4, 0.5) is 10.5 Å². The Morgan fingerprint density at radius 3 is 2.46 bits per heavy atom. The number of ether oxygens (including phenoxy) is 2. The van der Waals surface area contributed by atoms with E-state index in [-0.39, 0.29) is 53.8 Å². The molecular formula is C27H38N4O7S. The van der Waals surface area contributed by atoms with Crippen molar-refractivity contribution in [3.05, 3.63) is 48.0 Å². The molecule has 0 bridgehead atoms. The molecule has 0 fully saturated rings. The Kier molecular flexibility index (Phi) is 9.81. The molecule has 3 atom stereocenters. The predicted molar refractivity (Wildman–Crippen MR) is 148 cm³/mol. The van der Waals surface area contributed by atoms with Gasteiger partial charge in [-0.1, -0.05) is 6.92 Å². The van der Waals surface area contributed by atoms with Crippen LogP contribution >= 0.6 is 0 Å². The number of rotatable bonds is 9. The van der Waals surface area contributed by atoms with Crippen LogP contribution in [0.5, 0.6) is 11.5 Å². The van der Waals surface area contributed by atoms with Crippen molar-refractivity contribution in [3.8, 4) is 11.5 Å². The first-order valence-corrected chi connectivity index (χ1v) is 14.2. The first kappa shape index (κ1) is 30.2. The molecule has 1 aliphatic heterocycles. The number of hydrogen-bond acceptors (Lipinski definition) is 7. The molecule has 0 spiro atoms. The van der Waals surface area contributed by atoms with E-state index >= 15 is 0 Å². The van der Waals surface area contributed by atoms with Crippen molar-refractivity contribution in [2.24, 2.45) is 5.92 Å². The lowest BCUT2D eigenvalue weighted by Crippen LogP contribution is -2.50. The van der Waals surface area contributed by atoms with Crippen molar-refractivity contribution in [2.75, 3.05) is 39.2 Å². The first-order chi connectivity index (χ1) is 18.4. The van der Waals surface area contributed by atoms with Crippen molar-refractivity contribution in [1.29, 1.82) is 0 Å². The van der Waals surface area contributed by atoms with Crippen molar-refractivity contribution in [2.45, 2.75) is 50.8 Å². The number of anilines is 1. The maximum absolute atomic E-state index is 13.6. The smallest absolute Gasteiger partial charge is 0.319 e. The van der Waals surface area contributed by atoms with Gasteiger partial charge in [-0.2, -0.15) is 4.31 Å². The molecule has 3 rings (SSSR count). The molecule has 0 saturated heterocycles. The minimum atomic E-state index is -3.84. The molecule has 214 valence electrons. The summed E-state index contributed by atoms with van der Waals surface area (Å²) >= 11 is 0. The van der Waals surface area contributed by atoms with Crippen LogP contribution in [-0.2, 0) is 10.0 Å². The van der Waals surface area contributed by atoms with E-state index in [1.807, 2.05) is 20.8 Å². The highest BCUT2D eigenvalue weighted by Crippen LogP contribution is 2.31. The van der Waals surface area contributed by atoms with Gasteiger partial charge in [0.15, 0.2) is 0 Å². The van der Waals surface area contributed by atoms with E-state index in [0.717, 1.165) is 0 Å². The normalized spacial score (nSPS) is 18.6. The van der Waals surface area contributed by atoms with Gasteiger partial charge in [-0.3, -0.25) is 4.79 Å². The monoisotopic (exact) mass is 562 g/mol. The largest absolute Gasteiger partial charge is 0.497 e. The zero-order chi connectivity index (χ0) is 28.9. The summed E-state index contributed by atoms with van der Waals surface area (Å²) in [5, 5.41) is 15.3. The molecule has 39 heavy (non-hydrogen) atoms. The number of aliphatic hydroxyl groups is 1. The summed E-state index contributed by atoms with van der Waals surface area (Å²) in [5.74, 6) is 0.170. The molecule has 11 nitrogen and oxygen atoms in total. The summed E-state index contributed by atoms with van der Waals surface area (Å²) in [6.07, 6.45) is -0.619. The standard InChI is InChI=1S/C27H38N4O7S/c1-17(2)28-27(34)29-20-7-12-24-23(13-20)26(33)31(19(4)16-32)14-18(3)25(38-24)15-30(5)39(35,36)22-10-8-21(37-6)9-11-22/h7-13,17-19,25,32H,14-16H2,1-6H3,(H2,28,29,34)/t18-,19+,25+/m1/s1. The van der Waals surface area contributed by atoms with Crippen LogP contribution in [0, 0.1) is 5.92 Å². The average molecular weight is 563 g/mol. The fourth-order valence-electron chi connectivity index (χ4n) is 4.23. The van der Waals surface area contributed by atoms with Crippen LogP contribution < -0.4 is 20.1 Å². The van der Waals surface area contributed by atoms with Gasteiger partial charge in [0, 0.05) is 31.2 Å². The molecule has 0 radical (unpaired) electrons. The van der Waals surface area contributed by atoms with Gasteiger partial charge in [0.25, 0.3) is 5.91 Å². The Labute approximate surface area is 230 Å². The van der Waals surface area contributed by atoms with Crippen LogP contribution in [0.25, 0.3) is 0 Å². The third-order valence-corrected chi connectivity index (χ3v) is 8.38. The van der Waals surface area contributed by atoms with E-state index in [1.165, 1.54) is 36.7 Å². The minimum absolute atomic E-state index is 0.0152. The van der Waals surface area contributed by atoms with Crippen LogP contribution in [0.15, 0.2) is 47.4 Å². The van der Waals surface area contributed by atoms with Gasteiger partial charge in [-0.15, -0.1) is 0 Å². The molecule has 3 N–H and O–H groups in total. The van der Waals surface area contributed by atoms with Crippen LogP contribution in [0.1, 0.15) is 38.1 Å². The third kappa shape index (κ3) is 7.20. The second-order valence-corrected chi connectivity index (χ2v) is 12.1. The van der Waals surface area contributed by atoms with Gasteiger partial charge >= 0.3 is 6.03 Å². The zero-order valence-corrected chi connectivity index (χ0v) is 24.0. The number of hydrogen-bond donors (Lipinski definition) is 3. The minimum Gasteiger partial charge on any atom is -0.497 e. The van der Waals surface area contributed by atoms with Crippen LogP contribution in [0.2, 0.25) is 0 Å². The molecule has 2 aromatic carbocycles. The Bertz CT molecular complexity index is 1270. The number of aliphatic hydroxyl groups excluding tert-OH is 1. The summed E-state index contributed by atoms with van der Waals surface area (Å²) in [5.41, 5.74) is 0.597. The predicted octanol–water partition coefficient (Wildman–Crippen LogP) is 2.77. The Morgan fingerprint density at radius 2 is 1.87 bits per heavy atom. The Balaban J connectivity index is 1.93. The number of nitrogens with one attached hydrogen (secondary N) is 2. The topological polar surface area (TPSA) is 138 Å². The van der Waals surface area contributed by atoms with Gasteiger partial charge in [0.05, 0.1) is 36.8 Å². The summed E-state index contributed by atoms with van der Waals surface area (Å²) in [6, 6.07) is 9.88. The van der Waals surface area contributed by atoms with Gasteiger partial charge in [0.2, 0.25) is 10.0 Å². The highest BCUT2D eigenvalue weighted by Gasteiger charge is 2.35. The van der Waals surface area contributed by atoms with Crippen LogP contribution in [0.3, 0.4) is 0 Å². The molecular weight excluding hydrogens is 524 g/mol. The highest BCUT2D eigenvalue weighted by atomic mass is 32.2. The number of amides is 3. The van der Waals surface area contributed by atoms with Crippen molar-refractivity contribution >= 4 is 27.6 Å². The third-order valence-electron chi connectivity index (χ3n) is 6.55. The summed E-state index contributed by atoms with van der Waals surface area (Å²) < 4.78 is 39.2. The second-order valence-electron chi connectivity index (χ2n) is 10.0. The number of methoxy groups -OCH3 is 1. The van der Waals surface area contributed by atoms with E-state index in [1.54, 1.807) is 36.1 Å². The highest BCUT2D eigenvalue weighted by molar-refractivity contribution is 7.89. The van der Waals surface area contributed by atoms with E-state index in [2.05, 4.69) is 10.6 Å². The van der Waals surface area contributed by atoms with Crippen LogP contribution in [-0.4, -0.2) is 86.7 Å². The summed E-state index contributed by atoms with van der Waals surface area (Å²) in [6.45, 7) is 7.27. The number of nitrogens with zero attached hydrogens (tertiary/aromatic N) is 2. The van der Waals surface area contributed by atoms with E-state index < -0.39 is 28.2 Å². The lowest BCUT2D eigenvalue weighted by atomic mass is 9.99. The Hall–Kier alpha value is -3.35. The molecule has 0 aliphatic carbocycles. The number of likely N-dealkylation sites (N-methyl/N-ethyl adjacent to an activating group) is 1. The summed E-state index contributed by atoms with van der Waals surface area (Å²) in [4.78, 5) is 27.5. The molecule has 1 heterocycles. The fourth-order valence-corrected chi connectivity index (χ4v) is 5.41. The summed E-state index contributed by atoms with van der Waals surface area (Å²) in [7, 11) is -0.851. The second kappa shape index (κ2) is 12.7. The number of sulfonamides is 1. The fraction of sp³-hybridized carbons (Fsp3) is 0.481. The molecule has 12 heteroatoms. The lowest BCUT2D eigenvalue weighted by Gasteiger charge is -2.38. The van der Waals surface area contributed by atoms with Crippen molar-refractivity contribution in [1.82, 2.24) is 14.5 Å². The quantitative estimate of drug-likeness (QED) is 0.427. The number of carbonyl (C=O) groups is 2. The molecule has 0 aromatic heterocycles.